The number of methoxy groups -OCH3 is 1. The molecule has 0 bridgehead atoms. The average Bonchev–Trinajstić information content (AvgIpc) is 3.38. The summed E-state index contributed by atoms with van der Waals surface area (Å²) in [7, 11) is 8.32. The first-order valence-electron chi connectivity index (χ1n) is 16.3. The van der Waals surface area contributed by atoms with E-state index in [-0.39, 0.29) is 24.0 Å². The van der Waals surface area contributed by atoms with Gasteiger partial charge in [0.05, 0.1) is 24.1 Å². The number of hydrazine groups is 1. The summed E-state index contributed by atoms with van der Waals surface area (Å²) >= 11 is 0. The summed E-state index contributed by atoms with van der Waals surface area (Å²) in [5, 5.41) is 3.48. The summed E-state index contributed by atoms with van der Waals surface area (Å²) in [6.07, 6.45) is 4.87. The number of carbonyl (C=O) groups excluding carboxylic acids is 2. The fourth-order valence-corrected chi connectivity index (χ4v) is 6.84. The lowest BCUT2D eigenvalue weighted by molar-refractivity contribution is -0.128. The van der Waals surface area contributed by atoms with Crippen LogP contribution in [0.1, 0.15) is 63.5 Å². The van der Waals surface area contributed by atoms with Gasteiger partial charge in [-0.1, -0.05) is 44.2 Å². The topological polar surface area (TPSA) is 85.7 Å². The van der Waals surface area contributed by atoms with Crippen LogP contribution in [0.2, 0.25) is 0 Å². The molecule has 3 heterocycles. The van der Waals surface area contributed by atoms with E-state index in [0.29, 0.717) is 18.0 Å². The minimum Gasteiger partial charge on any atom is -0.470 e. The van der Waals surface area contributed by atoms with Crippen LogP contribution in [-0.4, -0.2) is 78.1 Å². The first-order valence-corrected chi connectivity index (χ1v) is 17.3. The van der Waals surface area contributed by atoms with Crippen molar-refractivity contribution in [3.8, 4) is 22.4 Å². The fourth-order valence-electron chi connectivity index (χ4n) is 6.43. The number of fused-ring (bicyclic) bond motifs is 1. The first-order chi connectivity index (χ1) is 22.5. The van der Waals surface area contributed by atoms with Gasteiger partial charge in [0.1, 0.15) is 0 Å². The maximum atomic E-state index is 13.0. The zero-order chi connectivity index (χ0) is 33.7. The number of amides is 1. The van der Waals surface area contributed by atoms with Crippen molar-refractivity contribution in [3.63, 3.8) is 0 Å². The molecule has 243 valence electrons. The molecule has 5 rings (SSSR count). The maximum Gasteiger partial charge on any atom is 0.264 e. The van der Waals surface area contributed by atoms with Gasteiger partial charge in [0, 0.05) is 69.8 Å². The fraction of sp³-hybridized carbons (Fsp3) is 0.405. The number of aryl methyl sites for hydroxylation is 1. The van der Waals surface area contributed by atoms with Crippen molar-refractivity contribution in [2.24, 2.45) is 5.41 Å². The van der Waals surface area contributed by atoms with Crippen molar-refractivity contribution in [1.82, 2.24) is 20.0 Å². The van der Waals surface area contributed by atoms with Gasteiger partial charge in [0.2, 0.25) is 0 Å². The van der Waals surface area contributed by atoms with Gasteiger partial charge in [-0.25, -0.2) is 5.43 Å². The van der Waals surface area contributed by atoms with E-state index < -0.39 is 5.59 Å². The number of benzene rings is 2. The van der Waals surface area contributed by atoms with E-state index in [1.807, 2.05) is 25.3 Å². The molecular weight excluding hydrogens is 621 g/mol. The Morgan fingerprint density at radius 3 is 2.57 bits per heavy atom. The zero-order valence-electron chi connectivity index (χ0n) is 28.0. The SMILES string of the molecule is CCn1c(-c2cccnc2[C@H](C)OC)c(CC(C)(C)COC(=O)[Si])c2cc(-c3cccc(CC(=[Si])C(=O)N4CCCCN4)c3)ccc21. The van der Waals surface area contributed by atoms with Gasteiger partial charge in [0.15, 0.2) is 10.2 Å². The van der Waals surface area contributed by atoms with Crippen LogP contribution in [0, 0.1) is 5.41 Å². The van der Waals surface area contributed by atoms with Gasteiger partial charge >= 0.3 is 0 Å². The number of ether oxygens (including phenoxy) is 2. The second kappa shape index (κ2) is 15.0. The molecule has 1 atom stereocenters. The van der Waals surface area contributed by atoms with E-state index in [9.17, 15) is 9.59 Å². The predicted molar refractivity (Wildman–Crippen MR) is 190 cm³/mol. The van der Waals surface area contributed by atoms with Gasteiger partial charge in [-0.15, -0.1) is 0 Å². The molecule has 47 heavy (non-hydrogen) atoms. The van der Waals surface area contributed by atoms with Crippen LogP contribution in [0.25, 0.3) is 33.3 Å². The van der Waals surface area contributed by atoms with Gasteiger partial charge in [-0.3, -0.25) is 19.6 Å². The van der Waals surface area contributed by atoms with Crippen molar-refractivity contribution < 1.29 is 19.1 Å². The van der Waals surface area contributed by atoms with Crippen LogP contribution in [-0.2, 0) is 33.7 Å². The highest BCUT2D eigenvalue weighted by Crippen LogP contribution is 2.41. The van der Waals surface area contributed by atoms with Crippen LogP contribution < -0.4 is 5.43 Å². The Bertz CT molecular complexity index is 1780. The Hall–Kier alpha value is -3.71. The largest absolute Gasteiger partial charge is 0.470 e. The third-order valence-corrected chi connectivity index (χ3v) is 9.36. The highest BCUT2D eigenvalue weighted by molar-refractivity contribution is 6.62. The second-order valence-electron chi connectivity index (χ2n) is 13.0. The van der Waals surface area contributed by atoms with E-state index in [1.165, 1.54) is 5.56 Å². The van der Waals surface area contributed by atoms with Crippen LogP contribution in [0.15, 0.2) is 60.8 Å². The van der Waals surface area contributed by atoms with Crippen LogP contribution in [0.4, 0.5) is 4.79 Å². The summed E-state index contributed by atoms with van der Waals surface area (Å²) in [5.41, 5.74) is 10.9. The number of hydrogen-bond acceptors (Lipinski definition) is 6. The van der Waals surface area contributed by atoms with Crippen molar-refractivity contribution in [1.29, 1.82) is 0 Å². The molecule has 0 saturated carbocycles. The molecule has 0 spiro atoms. The summed E-state index contributed by atoms with van der Waals surface area (Å²) in [4.78, 5) is 29.5. The van der Waals surface area contributed by atoms with Crippen LogP contribution in [0.5, 0.6) is 0 Å². The summed E-state index contributed by atoms with van der Waals surface area (Å²) < 4.78 is 13.5. The predicted octanol–water partition coefficient (Wildman–Crippen LogP) is 5.98. The Kier molecular flexibility index (Phi) is 11.1. The second-order valence-corrected chi connectivity index (χ2v) is 14.0. The maximum absolute atomic E-state index is 13.0. The summed E-state index contributed by atoms with van der Waals surface area (Å²) in [6, 6.07) is 19.1. The number of rotatable bonds is 12. The molecule has 10 heteroatoms. The van der Waals surface area contributed by atoms with E-state index in [1.54, 1.807) is 12.1 Å². The number of nitrogens with one attached hydrogen (secondary N) is 1. The molecule has 5 radical (unpaired) electrons. The third-order valence-electron chi connectivity index (χ3n) is 8.82. The molecule has 1 amide bonds. The van der Waals surface area contributed by atoms with Crippen molar-refractivity contribution in [3.05, 3.63) is 77.6 Å². The molecule has 1 aliphatic rings. The number of nitrogens with zero attached hydrogens (tertiary/aromatic N) is 3. The lowest BCUT2D eigenvalue weighted by Gasteiger charge is -2.28. The van der Waals surface area contributed by atoms with Gasteiger partial charge < -0.3 is 14.0 Å². The third kappa shape index (κ3) is 7.89. The Morgan fingerprint density at radius 2 is 1.87 bits per heavy atom. The average molecular weight is 664 g/mol. The molecule has 2 aromatic heterocycles. The van der Waals surface area contributed by atoms with Crippen LogP contribution >= 0.6 is 0 Å². The number of carbonyl (C=O) groups is 2. The Labute approximate surface area is 284 Å². The number of hydrogen-bond donors (Lipinski definition) is 1. The normalized spacial score (nSPS) is 14.3. The van der Waals surface area contributed by atoms with Crippen molar-refractivity contribution in [2.75, 3.05) is 26.8 Å². The van der Waals surface area contributed by atoms with Crippen molar-refractivity contribution in [2.45, 2.75) is 66.0 Å². The summed E-state index contributed by atoms with van der Waals surface area (Å²) in [5.74, 6) is -0.0167. The molecule has 8 nitrogen and oxygen atoms in total. The first kappa shape index (κ1) is 34.6. The number of pyridine rings is 1. The quantitative estimate of drug-likeness (QED) is 0.188. The molecule has 2 aromatic carbocycles. The summed E-state index contributed by atoms with van der Waals surface area (Å²) in [6.45, 7) is 11.0. The molecule has 1 aliphatic heterocycles. The highest BCUT2D eigenvalue weighted by atomic mass is 28.1. The van der Waals surface area contributed by atoms with Crippen LogP contribution in [0.3, 0.4) is 0 Å². The molecule has 1 saturated heterocycles. The highest BCUT2D eigenvalue weighted by Gasteiger charge is 2.29. The smallest absolute Gasteiger partial charge is 0.264 e. The molecule has 1 N–H and O–H groups in total. The van der Waals surface area contributed by atoms with E-state index in [4.69, 9.17) is 14.5 Å². The molecular formula is C37H43N4O4Si2. The zero-order valence-corrected chi connectivity index (χ0v) is 30.0. The van der Waals surface area contributed by atoms with Gasteiger partial charge in [-0.2, -0.15) is 0 Å². The lowest BCUT2D eigenvalue weighted by Crippen LogP contribution is -2.50. The minimum absolute atomic E-state index is 0.0167. The number of aromatic nitrogens is 2. The van der Waals surface area contributed by atoms with Crippen molar-refractivity contribution >= 4 is 47.7 Å². The van der Waals surface area contributed by atoms with Gasteiger partial charge in [0.25, 0.3) is 11.5 Å². The molecule has 1 fully saturated rings. The van der Waals surface area contributed by atoms with Gasteiger partial charge in [-0.05, 0) is 86.1 Å². The monoisotopic (exact) mass is 663 g/mol. The molecule has 0 aliphatic carbocycles. The molecule has 4 aromatic rings. The Balaban J connectivity index is 1.59. The standard InChI is InChI=1S/C37H43N4O4Si2/c1-6-40-31-15-14-27(26-12-9-11-25(19-26)20-32(46)35(42)41-18-8-7-17-39-41)21-29(31)30(22-37(3,4)23-45-36(43)47)34(40)28-13-10-16-38-33(28)24(2)44-5/h9-16,19,21,24,39H,6-8,17-18,20,22-23H2,1-5H3/t24-/m0/s1. The van der Waals surface area contributed by atoms with E-state index in [2.05, 4.69) is 93.3 Å². The lowest BCUT2D eigenvalue weighted by atomic mass is 9.84. The molecule has 0 unspecified atom stereocenters. The van der Waals surface area contributed by atoms with E-state index in [0.717, 1.165) is 77.0 Å². The van der Waals surface area contributed by atoms with E-state index >= 15 is 0 Å². The minimum atomic E-state index is -0.474. The Morgan fingerprint density at radius 1 is 1.09 bits per heavy atom.